The summed E-state index contributed by atoms with van der Waals surface area (Å²) >= 11 is 3.63. The van der Waals surface area contributed by atoms with Gasteiger partial charge in [0.1, 0.15) is 0 Å². The van der Waals surface area contributed by atoms with Crippen molar-refractivity contribution in [1.29, 1.82) is 0 Å². The van der Waals surface area contributed by atoms with Crippen LogP contribution in [0.25, 0.3) is 0 Å². The standard InChI is InChI=1S/C17H18BrNO2S/c1-12-6-9-14(10-7-12)22(20,21)19-17-15-5-3-2-4-13(15)8-11-16(17)18/h2-7,9-10,16-17,19H,8,11H2,1H3. The van der Waals surface area contributed by atoms with Gasteiger partial charge in [-0.15, -0.1) is 0 Å². The molecule has 5 heteroatoms. The highest BCUT2D eigenvalue weighted by Crippen LogP contribution is 2.35. The summed E-state index contributed by atoms with van der Waals surface area (Å²) in [6.07, 6.45) is 1.88. The Hall–Kier alpha value is -1.17. The van der Waals surface area contributed by atoms with Gasteiger partial charge in [-0.25, -0.2) is 13.1 Å². The van der Waals surface area contributed by atoms with Crippen LogP contribution in [0.15, 0.2) is 53.4 Å². The Morgan fingerprint density at radius 1 is 1.09 bits per heavy atom. The summed E-state index contributed by atoms with van der Waals surface area (Å²) in [6, 6.07) is 14.7. The van der Waals surface area contributed by atoms with E-state index in [1.54, 1.807) is 12.1 Å². The van der Waals surface area contributed by atoms with Crippen molar-refractivity contribution in [3.8, 4) is 0 Å². The van der Waals surface area contributed by atoms with Crippen molar-refractivity contribution in [2.24, 2.45) is 0 Å². The highest BCUT2D eigenvalue weighted by molar-refractivity contribution is 9.09. The molecule has 1 aliphatic carbocycles. The maximum Gasteiger partial charge on any atom is 0.241 e. The SMILES string of the molecule is Cc1ccc(S(=O)(=O)NC2c3ccccc3CCC2Br)cc1. The van der Waals surface area contributed by atoms with Gasteiger partial charge < -0.3 is 0 Å². The van der Waals surface area contributed by atoms with Crippen molar-refractivity contribution < 1.29 is 8.42 Å². The predicted molar refractivity (Wildman–Crippen MR) is 91.7 cm³/mol. The molecular weight excluding hydrogens is 362 g/mol. The first-order valence-electron chi connectivity index (χ1n) is 7.28. The minimum atomic E-state index is -3.53. The number of nitrogens with one attached hydrogen (secondary N) is 1. The van der Waals surface area contributed by atoms with E-state index in [2.05, 4.69) is 26.7 Å². The number of sulfonamides is 1. The molecular formula is C17H18BrNO2S. The largest absolute Gasteiger partial charge is 0.241 e. The minimum absolute atomic E-state index is 0.0997. The Kier molecular flexibility index (Phi) is 4.39. The number of hydrogen-bond donors (Lipinski definition) is 1. The van der Waals surface area contributed by atoms with Gasteiger partial charge in [-0.05, 0) is 43.0 Å². The van der Waals surface area contributed by atoms with E-state index < -0.39 is 10.0 Å². The lowest BCUT2D eigenvalue weighted by molar-refractivity contribution is 0.521. The second kappa shape index (κ2) is 6.14. The second-order valence-electron chi connectivity index (χ2n) is 5.67. The number of hydrogen-bond acceptors (Lipinski definition) is 2. The quantitative estimate of drug-likeness (QED) is 0.825. The zero-order chi connectivity index (χ0) is 15.7. The van der Waals surface area contributed by atoms with Crippen LogP contribution in [0.4, 0.5) is 0 Å². The Morgan fingerprint density at radius 2 is 1.77 bits per heavy atom. The molecule has 0 saturated carbocycles. The number of benzene rings is 2. The van der Waals surface area contributed by atoms with Gasteiger partial charge in [0, 0.05) is 4.83 Å². The maximum atomic E-state index is 12.6. The average molecular weight is 380 g/mol. The summed E-state index contributed by atoms with van der Waals surface area (Å²) in [5, 5.41) is 0. The first-order valence-corrected chi connectivity index (χ1v) is 9.68. The first kappa shape index (κ1) is 15.7. The smallest absolute Gasteiger partial charge is 0.207 e. The molecule has 0 aliphatic heterocycles. The number of rotatable bonds is 3. The molecule has 3 rings (SSSR count). The molecule has 22 heavy (non-hydrogen) atoms. The highest BCUT2D eigenvalue weighted by Gasteiger charge is 2.31. The molecule has 1 N–H and O–H groups in total. The fraction of sp³-hybridized carbons (Fsp3) is 0.294. The van der Waals surface area contributed by atoms with Crippen LogP contribution in [0.2, 0.25) is 0 Å². The number of alkyl halides is 1. The summed E-state index contributed by atoms with van der Waals surface area (Å²) in [5.74, 6) is 0. The molecule has 2 aromatic carbocycles. The third-order valence-corrected chi connectivity index (χ3v) is 6.50. The zero-order valence-corrected chi connectivity index (χ0v) is 14.7. The van der Waals surface area contributed by atoms with Gasteiger partial charge in [-0.1, -0.05) is 57.9 Å². The fourth-order valence-corrected chi connectivity index (χ4v) is 4.89. The Bertz CT molecular complexity index is 772. The Labute approximate surface area is 139 Å². The van der Waals surface area contributed by atoms with E-state index in [-0.39, 0.29) is 10.9 Å². The lowest BCUT2D eigenvalue weighted by atomic mass is 9.88. The van der Waals surface area contributed by atoms with Gasteiger partial charge in [-0.3, -0.25) is 0 Å². The van der Waals surface area contributed by atoms with Gasteiger partial charge >= 0.3 is 0 Å². The second-order valence-corrected chi connectivity index (χ2v) is 8.56. The van der Waals surface area contributed by atoms with Crippen LogP contribution < -0.4 is 4.72 Å². The number of fused-ring (bicyclic) bond motifs is 1. The van der Waals surface area contributed by atoms with Crippen LogP contribution in [0.3, 0.4) is 0 Å². The third kappa shape index (κ3) is 3.12. The molecule has 116 valence electrons. The van der Waals surface area contributed by atoms with Crippen molar-refractivity contribution in [2.45, 2.75) is 35.5 Å². The van der Waals surface area contributed by atoms with Gasteiger partial charge in [0.15, 0.2) is 0 Å². The lowest BCUT2D eigenvalue weighted by Crippen LogP contribution is -2.36. The molecule has 0 fully saturated rings. The van der Waals surface area contributed by atoms with Crippen LogP contribution in [-0.2, 0) is 16.4 Å². The van der Waals surface area contributed by atoms with Crippen LogP contribution >= 0.6 is 15.9 Å². The summed E-state index contributed by atoms with van der Waals surface area (Å²) in [4.78, 5) is 0.406. The average Bonchev–Trinajstić information content (AvgIpc) is 2.50. The van der Waals surface area contributed by atoms with Crippen molar-refractivity contribution in [3.05, 3.63) is 65.2 Å². The van der Waals surface area contributed by atoms with E-state index in [1.165, 1.54) is 5.56 Å². The molecule has 3 nitrogen and oxygen atoms in total. The summed E-state index contributed by atoms with van der Waals surface area (Å²) in [6.45, 7) is 1.94. The normalized spacial score (nSPS) is 21.4. The molecule has 2 atom stereocenters. The van der Waals surface area contributed by atoms with Crippen LogP contribution in [0, 0.1) is 6.92 Å². The van der Waals surface area contributed by atoms with Crippen LogP contribution in [0.1, 0.15) is 29.2 Å². The van der Waals surface area contributed by atoms with Crippen molar-refractivity contribution in [3.63, 3.8) is 0 Å². The summed E-state index contributed by atoms with van der Waals surface area (Å²) in [5.41, 5.74) is 3.32. The molecule has 0 heterocycles. The number of aryl methyl sites for hydroxylation is 2. The molecule has 2 unspecified atom stereocenters. The van der Waals surface area contributed by atoms with Crippen LogP contribution in [-0.4, -0.2) is 13.2 Å². The fourth-order valence-electron chi connectivity index (χ4n) is 2.81. The van der Waals surface area contributed by atoms with Gasteiger partial charge in [0.05, 0.1) is 10.9 Å². The van der Waals surface area contributed by atoms with Crippen molar-refractivity contribution in [1.82, 2.24) is 4.72 Å². The molecule has 0 amide bonds. The molecule has 0 saturated heterocycles. The lowest BCUT2D eigenvalue weighted by Gasteiger charge is -2.30. The molecule has 0 radical (unpaired) electrons. The third-order valence-electron chi connectivity index (χ3n) is 4.05. The summed E-state index contributed by atoms with van der Waals surface area (Å²) in [7, 11) is -3.53. The highest BCUT2D eigenvalue weighted by atomic mass is 79.9. The van der Waals surface area contributed by atoms with Crippen molar-refractivity contribution >= 4 is 26.0 Å². The van der Waals surface area contributed by atoms with E-state index in [1.807, 2.05) is 37.3 Å². The van der Waals surface area contributed by atoms with Gasteiger partial charge in [0.2, 0.25) is 10.0 Å². The first-order chi connectivity index (χ1) is 10.5. The monoisotopic (exact) mass is 379 g/mol. The van der Waals surface area contributed by atoms with Gasteiger partial charge in [0.25, 0.3) is 0 Å². The Balaban J connectivity index is 1.93. The maximum absolute atomic E-state index is 12.6. The minimum Gasteiger partial charge on any atom is -0.207 e. The van der Waals surface area contributed by atoms with E-state index >= 15 is 0 Å². The van der Waals surface area contributed by atoms with E-state index in [0.29, 0.717) is 4.90 Å². The molecule has 0 spiro atoms. The topological polar surface area (TPSA) is 46.2 Å². The molecule has 0 aromatic heterocycles. The Morgan fingerprint density at radius 3 is 2.50 bits per heavy atom. The van der Waals surface area contributed by atoms with Crippen molar-refractivity contribution in [2.75, 3.05) is 0 Å². The van der Waals surface area contributed by atoms with E-state index in [9.17, 15) is 8.42 Å². The number of halogens is 1. The van der Waals surface area contributed by atoms with E-state index in [4.69, 9.17) is 0 Å². The van der Waals surface area contributed by atoms with E-state index in [0.717, 1.165) is 24.0 Å². The molecule has 0 bridgehead atoms. The summed E-state index contributed by atoms with van der Waals surface area (Å²) < 4.78 is 28.1. The van der Waals surface area contributed by atoms with Crippen LogP contribution in [0.5, 0.6) is 0 Å². The molecule has 2 aromatic rings. The van der Waals surface area contributed by atoms with Gasteiger partial charge in [-0.2, -0.15) is 0 Å². The molecule has 1 aliphatic rings. The predicted octanol–water partition coefficient (Wildman–Crippen LogP) is 3.72. The zero-order valence-electron chi connectivity index (χ0n) is 12.3.